The minimum Gasteiger partial charge on any atom is -0.459 e. The Morgan fingerprint density at radius 1 is 1.00 bits per heavy atom. The number of nitrogens with zero attached hydrogens (tertiary/aromatic N) is 1. The number of hydrogen-bond acceptors (Lipinski definition) is 2. The molecule has 2 aromatic carbocycles. The zero-order valence-electron chi connectivity index (χ0n) is 16.3. The van der Waals surface area contributed by atoms with Gasteiger partial charge in [0.05, 0.1) is 14.1 Å². The van der Waals surface area contributed by atoms with Crippen molar-refractivity contribution in [3.63, 3.8) is 0 Å². The van der Waals surface area contributed by atoms with Crippen LogP contribution in [-0.2, 0) is 15.2 Å². The molecule has 6 heteroatoms. The second-order valence-electron chi connectivity index (χ2n) is 8.33. The Morgan fingerprint density at radius 2 is 1.48 bits per heavy atom. The number of benzene rings is 2. The van der Waals surface area contributed by atoms with Gasteiger partial charge in [0.25, 0.3) is 5.67 Å². The largest absolute Gasteiger partial charge is 0.459 e. The first kappa shape index (κ1) is 20.4. The Bertz CT molecular complexity index is 911. The Kier molecular flexibility index (Phi) is 5.22. The van der Waals surface area contributed by atoms with Gasteiger partial charge >= 0.3 is 5.97 Å². The van der Waals surface area contributed by atoms with Crippen LogP contribution in [0.4, 0.5) is 4.39 Å². The van der Waals surface area contributed by atoms with Crippen LogP contribution in [0.5, 0.6) is 0 Å². The Morgan fingerprint density at radius 3 is 1.93 bits per heavy atom. The number of esters is 1. The molecule has 0 saturated carbocycles. The zero-order valence-corrected chi connectivity index (χ0v) is 17.8. The van der Waals surface area contributed by atoms with E-state index in [2.05, 4.69) is 26.2 Å². The highest BCUT2D eigenvalue weighted by atomic mass is 35.5. The van der Waals surface area contributed by atoms with Crippen LogP contribution in [0.2, 0.25) is 10.0 Å². The highest BCUT2D eigenvalue weighted by Crippen LogP contribution is 2.40. The zero-order chi connectivity index (χ0) is 20.8. The maximum Gasteiger partial charge on any atom is 0.353 e. The number of quaternary nitrogens is 1. The summed E-state index contributed by atoms with van der Waals surface area (Å²) in [5.74, 6) is -0.932. The van der Waals surface area contributed by atoms with E-state index in [0.717, 1.165) is 4.48 Å². The molecule has 0 amide bonds. The summed E-state index contributed by atoms with van der Waals surface area (Å²) in [7, 11) is 4.34. The van der Waals surface area contributed by atoms with E-state index in [-0.39, 0.29) is 29.3 Å². The van der Waals surface area contributed by atoms with Gasteiger partial charge in [-0.15, -0.1) is 0 Å². The summed E-state index contributed by atoms with van der Waals surface area (Å²) in [6, 6.07) is 13.0. The molecule has 0 aliphatic carbocycles. The molecule has 1 fully saturated rings. The molecule has 152 valence electrons. The van der Waals surface area contributed by atoms with Crippen LogP contribution in [-0.4, -0.2) is 42.7 Å². The summed E-state index contributed by atoms with van der Waals surface area (Å²) in [6.45, 7) is 0. The molecule has 2 aliphatic rings. The van der Waals surface area contributed by atoms with Gasteiger partial charge in [-0.1, -0.05) is 47.5 Å². The average molecular weight is 435 g/mol. The van der Waals surface area contributed by atoms with E-state index in [0.29, 0.717) is 22.9 Å². The molecule has 2 aromatic rings. The molecule has 2 heterocycles. The topological polar surface area (TPSA) is 26.3 Å². The van der Waals surface area contributed by atoms with Crippen LogP contribution < -0.4 is 0 Å². The summed E-state index contributed by atoms with van der Waals surface area (Å²) >= 11 is 12.2. The van der Waals surface area contributed by atoms with Crippen molar-refractivity contribution < 1.29 is 18.4 Å². The predicted molar refractivity (Wildman–Crippen MR) is 113 cm³/mol. The molecule has 4 rings (SSSR count). The monoisotopic (exact) mass is 434 g/mol. The molecule has 2 bridgehead atoms. The Hall–Kier alpha value is -1.88. The van der Waals surface area contributed by atoms with Gasteiger partial charge in [-0.25, -0.2) is 9.18 Å². The van der Waals surface area contributed by atoms with Gasteiger partial charge in [0.15, 0.2) is 0 Å². The summed E-state index contributed by atoms with van der Waals surface area (Å²) in [6.07, 6.45) is 5.36. The lowest BCUT2D eigenvalue weighted by Gasteiger charge is -2.44. The van der Waals surface area contributed by atoms with E-state index in [1.54, 1.807) is 36.4 Å². The molecule has 1 saturated heterocycles. The SMILES string of the molecule is C[N+]1(C)C2C=CC1CC(OC(=O)C(F)(c1cccc(Cl)c1)c1cccc(Cl)c1)C2. The fraction of sp³-hybridized carbons (Fsp3) is 0.348. The van der Waals surface area contributed by atoms with E-state index in [1.165, 1.54) is 12.1 Å². The van der Waals surface area contributed by atoms with Gasteiger partial charge < -0.3 is 9.22 Å². The first-order chi connectivity index (χ1) is 13.7. The average Bonchev–Trinajstić information content (AvgIpc) is 2.84. The van der Waals surface area contributed by atoms with Crippen LogP contribution in [0, 0.1) is 0 Å². The van der Waals surface area contributed by atoms with Crippen molar-refractivity contribution in [2.75, 3.05) is 14.1 Å². The molecule has 0 N–H and O–H groups in total. The predicted octanol–water partition coefficient (Wildman–Crippen LogP) is 5.30. The fourth-order valence-corrected chi connectivity index (χ4v) is 4.80. The lowest BCUT2D eigenvalue weighted by atomic mass is 9.87. The standard InChI is InChI=1S/C23H23Cl2FNO2/c1-27(2)19-9-10-20(27)14-21(13-19)29-22(28)23(26,15-5-3-7-17(24)11-15)16-6-4-8-18(25)12-16/h3-12,19-21H,13-14H2,1-2H3/q+1. The minimum atomic E-state index is -2.50. The maximum atomic E-state index is 16.5. The molecule has 0 radical (unpaired) electrons. The number of ether oxygens (including phenoxy) is 1. The number of carbonyl (C=O) groups excluding carboxylic acids is 1. The first-order valence-corrected chi connectivity index (χ1v) is 10.4. The molecule has 2 aliphatic heterocycles. The van der Waals surface area contributed by atoms with E-state index in [4.69, 9.17) is 27.9 Å². The molecule has 29 heavy (non-hydrogen) atoms. The third-order valence-electron chi connectivity index (χ3n) is 6.27. The summed E-state index contributed by atoms with van der Waals surface area (Å²) < 4.78 is 23.1. The van der Waals surface area contributed by atoms with Gasteiger partial charge in [-0.3, -0.25) is 0 Å². The van der Waals surface area contributed by atoms with Crippen molar-refractivity contribution in [3.05, 3.63) is 81.9 Å². The van der Waals surface area contributed by atoms with Crippen molar-refractivity contribution in [3.8, 4) is 0 Å². The van der Waals surface area contributed by atoms with Gasteiger partial charge in [0.1, 0.15) is 18.2 Å². The highest BCUT2D eigenvalue weighted by molar-refractivity contribution is 6.31. The number of piperidine rings is 1. The van der Waals surface area contributed by atoms with Crippen LogP contribution in [0.1, 0.15) is 24.0 Å². The molecule has 2 atom stereocenters. The van der Waals surface area contributed by atoms with E-state index < -0.39 is 11.6 Å². The van der Waals surface area contributed by atoms with Crippen molar-refractivity contribution in [2.24, 2.45) is 0 Å². The third kappa shape index (κ3) is 3.58. The number of alkyl halides is 1. The van der Waals surface area contributed by atoms with Gasteiger partial charge in [0, 0.05) is 34.0 Å². The first-order valence-electron chi connectivity index (χ1n) is 9.65. The Labute approximate surface area is 180 Å². The van der Waals surface area contributed by atoms with Crippen molar-refractivity contribution in [2.45, 2.75) is 36.7 Å². The second-order valence-corrected chi connectivity index (χ2v) is 9.20. The van der Waals surface area contributed by atoms with E-state index in [1.807, 2.05) is 0 Å². The van der Waals surface area contributed by atoms with Crippen molar-refractivity contribution in [1.82, 2.24) is 0 Å². The summed E-state index contributed by atoms with van der Waals surface area (Å²) in [5, 5.41) is 0.691. The molecule has 3 nitrogen and oxygen atoms in total. The normalized spacial score (nSPS) is 25.1. The molecular formula is C23H23Cl2FNO2+. The fourth-order valence-electron chi connectivity index (χ4n) is 4.42. The van der Waals surface area contributed by atoms with Crippen LogP contribution in [0.25, 0.3) is 0 Å². The quantitative estimate of drug-likeness (QED) is 0.370. The number of fused-ring (bicyclic) bond motifs is 2. The highest BCUT2D eigenvalue weighted by Gasteiger charge is 2.50. The van der Waals surface area contributed by atoms with Crippen molar-refractivity contribution in [1.29, 1.82) is 0 Å². The number of rotatable bonds is 4. The molecule has 2 unspecified atom stereocenters. The van der Waals surface area contributed by atoms with Crippen molar-refractivity contribution >= 4 is 29.2 Å². The maximum absolute atomic E-state index is 16.5. The lowest BCUT2D eigenvalue weighted by Crippen LogP contribution is -2.57. The molecular weight excluding hydrogens is 412 g/mol. The lowest BCUT2D eigenvalue weighted by molar-refractivity contribution is -0.926. The molecule has 0 aromatic heterocycles. The Balaban J connectivity index is 1.66. The van der Waals surface area contributed by atoms with E-state index in [9.17, 15) is 4.79 Å². The summed E-state index contributed by atoms with van der Waals surface area (Å²) in [5.41, 5.74) is -2.24. The number of carbonyl (C=O) groups is 1. The minimum absolute atomic E-state index is 0.130. The van der Waals surface area contributed by atoms with Crippen LogP contribution in [0.15, 0.2) is 60.7 Å². The molecule has 0 spiro atoms. The van der Waals surface area contributed by atoms with Crippen LogP contribution >= 0.6 is 23.2 Å². The van der Waals surface area contributed by atoms with Gasteiger partial charge in [-0.05, 0) is 36.4 Å². The summed E-state index contributed by atoms with van der Waals surface area (Å²) in [4.78, 5) is 13.2. The van der Waals surface area contributed by atoms with E-state index >= 15 is 4.39 Å². The number of hydrogen-bond donors (Lipinski definition) is 0. The van der Waals surface area contributed by atoms with Gasteiger partial charge in [0.2, 0.25) is 0 Å². The number of halogens is 3. The smallest absolute Gasteiger partial charge is 0.353 e. The second kappa shape index (κ2) is 7.42. The third-order valence-corrected chi connectivity index (χ3v) is 6.74. The number of likely N-dealkylation sites (N-methyl/N-ethyl adjacent to an activating group) is 1. The van der Waals surface area contributed by atoms with Crippen LogP contribution in [0.3, 0.4) is 0 Å². The van der Waals surface area contributed by atoms with Gasteiger partial charge in [-0.2, -0.15) is 0 Å².